The van der Waals surface area contributed by atoms with Gasteiger partial charge in [-0.1, -0.05) is 45.0 Å². The minimum atomic E-state index is -4.05. The molecule has 0 spiro atoms. The predicted molar refractivity (Wildman–Crippen MR) is 148 cm³/mol. The highest BCUT2D eigenvalue weighted by Crippen LogP contribution is 2.29. The van der Waals surface area contributed by atoms with Crippen molar-refractivity contribution < 1.29 is 32.3 Å². The number of carbonyl (C=O) groups is 3. The smallest absolute Gasteiger partial charge is 0.340 e. The second kappa shape index (κ2) is 11.4. The summed E-state index contributed by atoms with van der Waals surface area (Å²) in [5, 5.41) is 0. The SMILES string of the molecule is CCOC(=O)c1c(C)[nH]c(C(=O)COC(=O)c2ccccc2NS(=O)(=O)c2cc(C(C)(C)C)ccc2C)c1C. The molecule has 10 heteroatoms. The van der Waals surface area contributed by atoms with Crippen molar-refractivity contribution in [3.05, 3.63) is 81.7 Å². The topological polar surface area (TPSA) is 132 Å². The molecule has 0 aliphatic rings. The summed E-state index contributed by atoms with van der Waals surface area (Å²) in [6.07, 6.45) is 0. The van der Waals surface area contributed by atoms with Crippen LogP contribution in [0.15, 0.2) is 47.4 Å². The lowest BCUT2D eigenvalue weighted by Crippen LogP contribution is -2.20. The highest BCUT2D eigenvalue weighted by molar-refractivity contribution is 7.92. The molecule has 9 nitrogen and oxygen atoms in total. The molecule has 0 unspecified atom stereocenters. The van der Waals surface area contributed by atoms with Gasteiger partial charge in [-0.2, -0.15) is 0 Å². The molecule has 0 atom stereocenters. The summed E-state index contributed by atoms with van der Waals surface area (Å²) >= 11 is 0. The van der Waals surface area contributed by atoms with Crippen LogP contribution in [-0.4, -0.2) is 44.3 Å². The number of aromatic amines is 1. The van der Waals surface area contributed by atoms with Crippen molar-refractivity contribution in [2.75, 3.05) is 17.9 Å². The second-order valence-corrected chi connectivity index (χ2v) is 11.9. The van der Waals surface area contributed by atoms with E-state index < -0.39 is 34.4 Å². The van der Waals surface area contributed by atoms with Gasteiger partial charge in [0.2, 0.25) is 5.78 Å². The Bertz CT molecular complexity index is 1530. The third kappa shape index (κ3) is 6.57. The maximum absolute atomic E-state index is 13.3. The number of ketones is 1. The lowest BCUT2D eigenvalue weighted by Gasteiger charge is -2.21. The highest BCUT2D eigenvalue weighted by atomic mass is 32.2. The van der Waals surface area contributed by atoms with Crippen LogP contribution in [0, 0.1) is 20.8 Å². The van der Waals surface area contributed by atoms with Crippen molar-refractivity contribution in [1.82, 2.24) is 4.98 Å². The fraction of sp³-hybridized carbons (Fsp3) is 0.345. The minimum Gasteiger partial charge on any atom is -0.462 e. The molecule has 2 aromatic carbocycles. The van der Waals surface area contributed by atoms with Gasteiger partial charge in [0.15, 0.2) is 6.61 Å². The summed E-state index contributed by atoms with van der Waals surface area (Å²) < 4.78 is 39.5. The Kier molecular flexibility index (Phi) is 8.70. The Labute approximate surface area is 229 Å². The number of ether oxygens (including phenoxy) is 2. The number of esters is 2. The molecular weight excluding hydrogens is 520 g/mol. The molecule has 1 aromatic heterocycles. The number of rotatable bonds is 9. The Hall–Kier alpha value is -3.92. The van der Waals surface area contributed by atoms with Gasteiger partial charge in [0.1, 0.15) is 0 Å². The highest BCUT2D eigenvalue weighted by Gasteiger charge is 2.26. The van der Waals surface area contributed by atoms with Gasteiger partial charge in [0.25, 0.3) is 10.0 Å². The van der Waals surface area contributed by atoms with Gasteiger partial charge < -0.3 is 14.5 Å². The maximum Gasteiger partial charge on any atom is 0.340 e. The van der Waals surface area contributed by atoms with Crippen LogP contribution in [0.4, 0.5) is 5.69 Å². The molecule has 2 N–H and O–H groups in total. The number of aromatic nitrogens is 1. The molecule has 0 radical (unpaired) electrons. The normalized spacial score (nSPS) is 11.7. The van der Waals surface area contributed by atoms with Crippen molar-refractivity contribution in [3.8, 4) is 0 Å². The third-order valence-corrected chi connectivity index (χ3v) is 7.77. The number of benzene rings is 2. The number of nitrogens with one attached hydrogen (secondary N) is 2. The van der Waals surface area contributed by atoms with E-state index in [-0.39, 0.29) is 39.4 Å². The first-order valence-electron chi connectivity index (χ1n) is 12.5. The first kappa shape index (κ1) is 29.6. The van der Waals surface area contributed by atoms with Crippen molar-refractivity contribution >= 4 is 33.4 Å². The fourth-order valence-electron chi connectivity index (χ4n) is 4.13. The number of carbonyl (C=O) groups excluding carboxylic acids is 3. The monoisotopic (exact) mass is 554 g/mol. The molecule has 1 heterocycles. The van der Waals surface area contributed by atoms with E-state index >= 15 is 0 Å². The Morgan fingerprint density at radius 1 is 0.949 bits per heavy atom. The van der Waals surface area contributed by atoms with Gasteiger partial charge in [0.05, 0.1) is 34.0 Å². The van der Waals surface area contributed by atoms with Gasteiger partial charge in [-0.15, -0.1) is 0 Å². The average Bonchev–Trinajstić information content (AvgIpc) is 3.15. The lowest BCUT2D eigenvalue weighted by atomic mass is 9.87. The summed E-state index contributed by atoms with van der Waals surface area (Å²) in [7, 11) is -4.05. The summed E-state index contributed by atoms with van der Waals surface area (Å²) in [4.78, 5) is 40.9. The third-order valence-electron chi connectivity index (χ3n) is 6.27. The summed E-state index contributed by atoms with van der Waals surface area (Å²) in [6, 6.07) is 11.3. The van der Waals surface area contributed by atoms with Gasteiger partial charge in [0, 0.05) is 5.69 Å². The molecule has 0 saturated heterocycles. The number of Topliss-reactive ketones (excluding diaryl/α,β-unsaturated/α-hetero) is 1. The molecule has 39 heavy (non-hydrogen) atoms. The van der Waals surface area contributed by atoms with E-state index in [0.717, 1.165) is 5.56 Å². The fourth-order valence-corrected chi connectivity index (χ4v) is 5.48. The quantitative estimate of drug-likeness (QED) is 0.273. The second-order valence-electron chi connectivity index (χ2n) is 10.2. The van der Waals surface area contributed by atoms with Crippen LogP contribution < -0.4 is 4.72 Å². The molecule has 0 saturated carbocycles. The molecule has 3 rings (SSSR count). The predicted octanol–water partition coefficient (Wildman–Crippen LogP) is 5.25. The van der Waals surface area contributed by atoms with Gasteiger partial charge in [-0.25, -0.2) is 18.0 Å². The van der Waals surface area contributed by atoms with Crippen LogP contribution >= 0.6 is 0 Å². The van der Waals surface area contributed by atoms with Crippen LogP contribution in [0.3, 0.4) is 0 Å². The standard InChI is InChI=1S/C29H34N2O7S/c1-8-37-28(34)25-18(3)26(30-19(25)4)23(32)16-38-27(33)21-11-9-10-12-22(21)31-39(35,36)24-15-20(29(5,6)7)14-13-17(24)2/h9-15,30-31H,8,16H2,1-7H3. The molecule has 0 aliphatic carbocycles. The van der Waals surface area contributed by atoms with E-state index in [1.54, 1.807) is 52.0 Å². The molecule has 0 aliphatic heterocycles. The number of anilines is 1. The van der Waals surface area contributed by atoms with Crippen LogP contribution in [0.2, 0.25) is 0 Å². The zero-order chi connectivity index (χ0) is 29.1. The van der Waals surface area contributed by atoms with Gasteiger partial charge in [-0.05, 0) is 68.0 Å². The number of hydrogen-bond donors (Lipinski definition) is 2. The van der Waals surface area contributed by atoms with Crippen LogP contribution in [0.5, 0.6) is 0 Å². The maximum atomic E-state index is 13.3. The van der Waals surface area contributed by atoms with E-state index in [9.17, 15) is 22.8 Å². The van der Waals surface area contributed by atoms with Crippen molar-refractivity contribution in [2.45, 2.75) is 58.8 Å². The number of aryl methyl sites for hydroxylation is 2. The van der Waals surface area contributed by atoms with Crippen LogP contribution in [-0.2, 0) is 24.9 Å². The minimum absolute atomic E-state index is 0.0204. The summed E-state index contributed by atoms with van der Waals surface area (Å²) in [5.74, 6) is -1.98. The summed E-state index contributed by atoms with van der Waals surface area (Å²) in [6.45, 7) is 12.2. The van der Waals surface area contributed by atoms with Crippen molar-refractivity contribution in [3.63, 3.8) is 0 Å². The molecule has 208 valence electrons. The number of para-hydroxylation sites is 1. The zero-order valence-corrected chi connectivity index (χ0v) is 24.0. The van der Waals surface area contributed by atoms with E-state index in [4.69, 9.17) is 9.47 Å². The van der Waals surface area contributed by atoms with Crippen LogP contribution in [0.25, 0.3) is 0 Å². The van der Waals surface area contributed by atoms with Gasteiger partial charge >= 0.3 is 11.9 Å². The first-order chi connectivity index (χ1) is 18.2. The Morgan fingerprint density at radius 3 is 2.26 bits per heavy atom. The van der Waals surface area contributed by atoms with Crippen LogP contribution in [0.1, 0.15) is 81.3 Å². The largest absolute Gasteiger partial charge is 0.462 e. The van der Waals surface area contributed by atoms with E-state index in [1.165, 1.54) is 12.1 Å². The first-order valence-corrected chi connectivity index (χ1v) is 13.9. The van der Waals surface area contributed by atoms with E-state index in [0.29, 0.717) is 16.8 Å². The van der Waals surface area contributed by atoms with Crippen molar-refractivity contribution in [2.24, 2.45) is 0 Å². The molecule has 0 amide bonds. The molecule has 0 fully saturated rings. The lowest BCUT2D eigenvalue weighted by molar-refractivity contribution is 0.0473. The number of sulfonamides is 1. The zero-order valence-electron chi connectivity index (χ0n) is 23.2. The number of H-pyrrole nitrogens is 1. The summed E-state index contributed by atoms with van der Waals surface area (Å²) in [5.41, 5.74) is 2.36. The van der Waals surface area contributed by atoms with E-state index in [1.807, 2.05) is 26.8 Å². The molecular formula is C29H34N2O7S. The van der Waals surface area contributed by atoms with Crippen molar-refractivity contribution in [1.29, 1.82) is 0 Å². The average molecular weight is 555 g/mol. The Morgan fingerprint density at radius 2 is 1.62 bits per heavy atom. The molecule has 0 bridgehead atoms. The van der Waals surface area contributed by atoms with E-state index in [2.05, 4.69) is 9.71 Å². The number of hydrogen-bond acceptors (Lipinski definition) is 7. The Balaban J connectivity index is 1.81. The van der Waals surface area contributed by atoms with Gasteiger partial charge in [-0.3, -0.25) is 9.52 Å². The molecule has 3 aromatic rings.